The second-order valence-electron chi connectivity index (χ2n) is 8.23. The molecule has 3 rings (SSSR count). The lowest BCUT2D eigenvalue weighted by Crippen LogP contribution is -2.64. The van der Waals surface area contributed by atoms with Crippen LogP contribution in [0.4, 0.5) is 23.7 Å². The number of alkyl halides is 3. The van der Waals surface area contributed by atoms with Crippen LogP contribution in [0.5, 0.6) is 0 Å². The standard InChI is InChI=1S/C18H24F3N3O2/c1-16(2,3)26-15(25)23-9-5-7-17(10-23)11-24(12-17)13-6-4-8-22-14(13)18(19,20)21/h4,6,8H,5,7,9-12H2,1-3H3. The van der Waals surface area contributed by atoms with Gasteiger partial charge in [0, 0.05) is 37.8 Å². The molecule has 1 aromatic rings. The third kappa shape index (κ3) is 3.88. The van der Waals surface area contributed by atoms with Gasteiger partial charge in [-0.2, -0.15) is 13.2 Å². The van der Waals surface area contributed by atoms with Crippen molar-refractivity contribution in [2.24, 2.45) is 5.41 Å². The Morgan fingerprint density at radius 2 is 1.92 bits per heavy atom. The second-order valence-corrected chi connectivity index (χ2v) is 8.23. The summed E-state index contributed by atoms with van der Waals surface area (Å²) in [5.74, 6) is 0. The summed E-state index contributed by atoms with van der Waals surface area (Å²) in [4.78, 5) is 19.2. The van der Waals surface area contributed by atoms with Gasteiger partial charge in [0.25, 0.3) is 0 Å². The lowest BCUT2D eigenvalue weighted by Gasteiger charge is -2.55. The van der Waals surface area contributed by atoms with E-state index in [1.54, 1.807) is 9.80 Å². The number of nitrogens with zero attached hydrogens (tertiary/aromatic N) is 3. The van der Waals surface area contributed by atoms with Crippen LogP contribution in [0, 0.1) is 5.41 Å². The maximum atomic E-state index is 13.2. The molecule has 0 unspecified atom stereocenters. The highest BCUT2D eigenvalue weighted by Gasteiger charge is 2.49. The van der Waals surface area contributed by atoms with Crippen LogP contribution >= 0.6 is 0 Å². The van der Waals surface area contributed by atoms with E-state index in [2.05, 4.69) is 4.98 Å². The molecule has 2 aliphatic rings. The van der Waals surface area contributed by atoms with Gasteiger partial charge in [0.2, 0.25) is 0 Å². The highest BCUT2D eigenvalue weighted by molar-refractivity contribution is 5.68. The lowest BCUT2D eigenvalue weighted by molar-refractivity contribution is -0.140. The van der Waals surface area contributed by atoms with Crippen molar-refractivity contribution < 1.29 is 22.7 Å². The molecule has 2 aliphatic heterocycles. The van der Waals surface area contributed by atoms with Gasteiger partial charge >= 0.3 is 12.3 Å². The molecule has 2 saturated heterocycles. The highest BCUT2D eigenvalue weighted by Crippen LogP contribution is 2.44. The fraction of sp³-hybridized carbons (Fsp3) is 0.667. The first-order chi connectivity index (χ1) is 12.0. The van der Waals surface area contributed by atoms with Gasteiger partial charge in [0.15, 0.2) is 5.69 Å². The minimum Gasteiger partial charge on any atom is -0.444 e. The number of likely N-dealkylation sites (tertiary alicyclic amines) is 1. The average Bonchev–Trinajstić information content (AvgIpc) is 2.50. The molecule has 3 heterocycles. The average molecular weight is 371 g/mol. The summed E-state index contributed by atoms with van der Waals surface area (Å²) >= 11 is 0. The van der Waals surface area contributed by atoms with Gasteiger partial charge in [-0.3, -0.25) is 0 Å². The van der Waals surface area contributed by atoms with Gasteiger partial charge in [-0.15, -0.1) is 0 Å². The van der Waals surface area contributed by atoms with E-state index in [4.69, 9.17) is 4.74 Å². The molecule has 1 aromatic heterocycles. The molecular weight excluding hydrogens is 347 g/mol. The summed E-state index contributed by atoms with van der Waals surface area (Å²) in [6.07, 6.45) is -1.95. The zero-order valence-corrected chi connectivity index (χ0v) is 15.3. The summed E-state index contributed by atoms with van der Waals surface area (Å²) in [6, 6.07) is 2.97. The Kier molecular flexibility index (Phi) is 4.56. The normalized spacial score (nSPS) is 20.1. The largest absolute Gasteiger partial charge is 0.444 e. The van der Waals surface area contributed by atoms with Crippen LogP contribution in [0.25, 0.3) is 0 Å². The number of piperidine rings is 1. The van der Waals surface area contributed by atoms with Crippen molar-refractivity contribution in [1.82, 2.24) is 9.88 Å². The number of hydrogen-bond acceptors (Lipinski definition) is 4. The van der Waals surface area contributed by atoms with Crippen molar-refractivity contribution in [1.29, 1.82) is 0 Å². The number of ether oxygens (including phenoxy) is 1. The number of hydrogen-bond donors (Lipinski definition) is 0. The summed E-state index contributed by atoms with van der Waals surface area (Å²) in [7, 11) is 0. The number of carbonyl (C=O) groups is 1. The van der Waals surface area contributed by atoms with E-state index in [1.165, 1.54) is 12.1 Å². The summed E-state index contributed by atoms with van der Waals surface area (Å²) in [5, 5.41) is 0. The molecule has 0 atom stereocenters. The molecule has 0 saturated carbocycles. The topological polar surface area (TPSA) is 45.7 Å². The molecule has 144 valence electrons. The summed E-state index contributed by atoms with van der Waals surface area (Å²) in [5.41, 5.74) is -1.48. The van der Waals surface area contributed by atoms with Gasteiger partial charge < -0.3 is 14.5 Å². The lowest BCUT2D eigenvalue weighted by atomic mass is 9.73. The Hall–Kier alpha value is -1.99. The summed E-state index contributed by atoms with van der Waals surface area (Å²) < 4.78 is 44.9. The van der Waals surface area contributed by atoms with E-state index in [1.807, 2.05) is 20.8 Å². The molecule has 5 nitrogen and oxygen atoms in total. The van der Waals surface area contributed by atoms with E-state index in [9.17, 15) is 18.0 Å². The monoisotopic (exact) mass is 371 g/mol. The first kappa shape index (κ1) is 18.8. The number of anilines is 1. The van der Waals surface area contributed by atoms with Crippen molar-refractivity contribution in [2.45, 2.75) is 45.4 Å². The van der Waals surface area contributed by atoms with Gasteiger partial charge in [-0.1, -0.05) is 0 Å². The van der Waals surface area contributed by atoms with E-state index < -0.39 is 17.5 Å². The molecule has 0 N–H and O–H groups in total. The molecule has 0 bridgehead atoms. The van der Waals surface area contributed by atoms with Crippen molar-refractivity contribution in [3.63, 3.8) is 0 Å². The van der Waals surface area contributed by atoms with Gasteiger partial charge in [-0.25, -0.2) is 9.78 Å². The Bertz CT molecular complexity index is 679. The molecular formula is C18H24F3N3O2. The van der Waals surface area contributed by atoms with Gasteiger partial charge in [0.1, 0.15) is 5.60 Å². The molecule has 0 aromatic carbocycles. The number of aromatic nitrogens is 1. The second kappa shape index (κ2) is 6.32. The van der Waals surface area contributed by atoms with Crippen molar-refractivity contribution >= 4 is 11.8 Å². The SMILES string of the molecule is CC(C)(C)OC(=O)N1CCCC2(C1)CN(c1cccnc1C(F)(F)F)C2. The predicted molar refractivity (Wildman–Crippen MR) is 90.9 cm³/mol. The number of halogens is 3. The molecule has 26 heavy (non-hydrogen) atoms. The first-order valence-corrected chi connectivity index (χ1v) is 8.74. The molecule has 2 fully saturated rings. The van der Waals surface area contributed by atoms with E-state index in [0.29, 0.717) is 26.2 Å². The predicted octanol–water partition coefficient (Wildman–Crippen LogP) is 3.94. The van der Waals surface area contributed by atoms with E-state index >= 15 is 0 Å². The van der Waals surface area contributed by atoms with Crippen molar-refractivity contribution in [3.05, 3.63) is 24.0 Å². The van der Waals surface area contributed by atoms with Crippen LogP contribution in [0.1, 0.15) is 39.3 Å². The van der Waals surface area contributed by atoms with Crippen LogP contribution in [-0.2, 0) is 10.9 Å². The molecule has 1 spiro atoms. The molecule has 1 amide bonds. The van der Waals surface area contributed by atoms with Crippen LogP contribution in [0.15, 0.2) is 18.3 Å². The maximum Gasteiger partial charge on any atom is 0.435 e. The van der Waals surface area contributed by atoms with Crippen LogP contribution < -0.4 is 4.90 Å². The molecule has 8 heteroatoms. The highest BCUT2D eigenvalue weighted by atomic mass is 19.4. The van der Waals surface area contributed by atoms with Crippen molar-refractivity contribution in [3.8, 4) is 0 Å². The Morgan fingerprint density at radius 3 is 2.54 bits per heavy atom. The molecule has 0 aliphatic carbocycles. The Balaban J connectivity index is 1.68. The van der Waals surface area contributed by atoms with E-state index in [0.717, 1.165) is 19.0 Å². The van der Waals surface area contributed by atoms with E-state index in [-0.39, 0.29) is 17.2 Å². The fourth-order valence-corrected chi connectivity index (χ4v) is 3.75. The van der Waals surface area contributed by atoms with Gasteiger partial charge in [-0.05, 0) is 45.7 Å². The number of carbonyl (C=O) groups excluding carboxylic acids is 1. The maximum absolute atomic E-state index is 13.2. The fourth-order valence-electron chi connectivity index (χ4n) is 3.75. The Labute approximate surface area is 151 Å². The third-order valence-electron chi connectivity index (χ3n) is 4.76. The van der Waals surface area contributed by atoms with Crippen LogP contribution in [0.2, 0.25) is 0 Å². The third-order valence-corrected chi connectivity index (χ3v) is 4.76. The zero-order valence-electron chi connectivity index (χ0n) is 15.3. The Morgan fingerprint density at radius 1 is 1.23 bits per heavy atom. The van der Waals surface area contributed by atoms with Gasteiger partial charge in [0.05, 0.1) is 5.69 Å². The summed E-state index contributed by atoms with van der Waals surface area (Å²) in [6.45, 7) is 7.56. The smallest absolute Gasteiger partial charge is 0.435 e. The van der Waals surface area contributed by atoms with Crippen LogP contribution in [0.3, 0.4) is 0 Å². The number of rotatable bonds is 1. The molecule has 0 radical (unpaired) electrons. The quantitative estimate of drug-likeness (QED) is 0.750. The van der Waals surface area contributed by atoms with Crippen LogP contribution in [-0.4, -0.2) is 47.8 Å². The number of amides is 1. The first-order valence-electron chi connectivity index (χ1n) is 8.74. The van der Waals surface area contributed by atoms with Crippen molar-refractivity contribution in [2.75, 3.05) is 31.1 Å². The minimum atomic E-state index is -4.48. The zero-order chi connectivity index (χ0) is 19.2. The minimum absolute atomic E-state index is 0.111. The number of pyridine rings is 1.